The molecule has 1 amide bonds. The van der Waals surface area contributed by atoms with Gasteiger partial charge in [0.05, 0.1) is 12.0 Å². The summed E-state index contributed by atoms with van der Waals surface area (Å²) in [6.07, 6.45) is -3.25. The fraction of sp³-hybridized carbons (Fsp3) is 0.435. The first kappa shape index (κ1) is 21.4. The van der Waals surface area contributed by atoms with E-state index >= 15 is 0 Å². The first-order chi connectivity index (χ1) is 13.7. The van der Waals surface area contributed by atoms with E-state index in [4.69, 9.17) is 0 Å². The molecule has 1 aliphatic rings. The van der Waals surface area contributed by atoms with Crippen LogP contribution in [0.2, 0.25) is 0 Å². The Morgan fingerprint density at radius 3 is 2.34 bits per heavy atom. The first-order valence-corrected chi connectivity index (χ1v) is 9.97. The highest BCUT2D eigenvalue weighted by molar-refractivity contribution is 5.92. The number of nitrogens with zero attached hydrogens (tertiary/aromatic N) is 1. The predicted molar refractivity (Wildman–Crippen MR) is 108 cm³/mol. The maximum atomic E-state index is 13.7. The topological polar surface area (TPSA) is 32.3 Å². The van der Waals surface area contributed by atoms with E-state index in [1.807, 2.05) is 30.3 Å². The van der Waals surface area contributed by atoms with Crippen LogP contribution in [0.25, 0.3) is 0 Å². The third-order valence-electron chi connectivity index (χ3n) is 5.24. The van der Waals surface area contributed by atoms with Gasteiger partial charge in [0, 0.05) is 25.3 Å². The molecule has 1 unspecified atom stereocenters. The molecule has 1 saturated heterocycles. The molecule has 156 valence electrons. The quantitative estimate of drug-likeness (QED) is 0.727. The molecule has 1 fully saturated rings. The SMILES string of the molecule is CC1C[C@H](C)CN(Cc2ccc(NC(=O)Cc3ccccc3)cc2C(F)(F)F)C1. The summed E-state index contributed by atoms with van der Waals surface area (Å²) >= 11 is 0. The normalized spacial score (nSPS) is 20.4. The predicted octanol–water partition coefficient (Wildman–Crippen LogP) is 5.36. The van der Waals surface area contributed by atoms with Gasteiger partial charge in [-0.25, -0.2) is 0 Å². The van der Waals surface area contributed by atoms with Crippen molar-refractivity contribution in [2.45, 2.75) is 39.4 Å². The molecule has 1 heterocycles. The van der Waals surface area contributed by atoms with Gasteiger partial charge < -0.3 is 5.32 Å². The van der Waals surface area contributed by atoms with Crippen molar-refractivity contribution in [2.75, 3.05) is 18.4 Å². The van der Waals surface area contributed by atoms with Crippen LogP contribution in [0.4, 0.5) is 18.9 Å². The standard InChI is InChI=1S/C23H27F3N2O/c1-16-10-17(2)14-28(13-16)15-19-8-9-20(12-21(19)23(24,25)26)27-22(29)11-18-6-4-3-5-7-18/h3-9,12,16-17H,10-11,13-15H2,1-2H3,(H,27,29)/t16-,17?/m0/s1. The number of alkyl halides is 3. The number of benzene rings is 2. The molecular weight excluding hydrogens is 377 g/mol. The van der Waals surface area contributed by atoms with Crippen molar-refractivity contribution in [3.05, 3.63) is 65.2 Å². The molecule has 29 heavy (non-hydrogen) atoms. The molecular formula is C23H27F3N2O. The van der Waals surface area contributed by atoms with Crippen LogP contribution in [-0.2, 0) is 23.9 Å². The smallest absolute Gasteiger partial charge is 0.326 e. The summed E-state index contributed by atoms with van der Waals surface area (Å²) in [7, 11) is 0. The number of piperidine rings is 1. The highest BCUT2D eigenvalue weighted by Crippen LogP contribution is 2.35. The average molecular weight is 404 g/mol. The van der Waals surface area contributed by atoms with Gasteiger partial charge in [0.25, 0.3) is 0 Å². The van der Waals surface area contributed by atoms with Crippen LogP contribution >= 0.6 is 0 Å². The summed E-state index contributed by atoms with van der Waals surface area (Å²) in [4.78, 5) is 14.3. The molecule has 2 aromatic carbocycles. The number of nitrogens with one attached hydrogen (secondary N) is 1. The Morgan fingerprint density at radius 2 is 1.72 bits per heavy atom. The number of carbonyl (C=O) groups is 1. The van der Waals surface area contributed by atoms with Crippen molar-refractivity contribution in [1.29, 1.82) is 0 Å². The van der Waals surface area contributed by atoms with E-state index in [1.54, 1.807) is 6.07 Å². The Bertz CT molecular complexity index is 826. The lowest BCUT2D eigenvalue weighted by Crippen LogP contribution is -2.38. The van der Waals surface area contributed by atoms with E-state index in [0.29, 0.717) is 11.8 Å². The van der Waals surface area contributed by atoms with Crippen molar-refractivity contribution < 1.29 is 18.0 Å². The largest absolute Gasteiger partial charge is 0.416 e. The molecule has 0 spiro atoms. The Morgan fingerprint density at radius 1 is 1.07 bits per heavy atom. The number of halogens is 3. The molecule has 0 saturated carbocycles. The van der Waals surface area contributed by atoms with Gasteiger partial charge in [-0.15, -0.1) is 0 Å². The Balaban J connectivity index is 1.74. The molecule has 2 atom stereocenters. The van der Waals surface area contributed by atoms with E-state index < -0.39 is 11.7 Å². The molecule has 6 heteroatoms. The lowest BCUT2D eigenvalue weighted by atomic mass is 9.91. The van der Waals surface area contributed by atoms with Gasteiger partial charge in [0.1, 0.15) is 0 Å². The highest BCUT2D eigenvalue weighted by Gasteiger charge is 2.34. The summed E-state index contributed by atoms with van der Waals surface area (Å²) in [5.41, 5.74) is 0.550. The summed E-state index contributed by atoms with van der Waals surface area (Å²) in [6.45, 7) is 6.15. The Labute approximate surface area is 169 Å². The van der Waals surface area contributed by atoms with E-state index in [-0.39, 0.29) is 30.1 Å². The van der Waals surface area contributed by atoms with Crippen molar-refractivity contribution in [2.24, 2.45) is 11.8 Å². The zero-order valence-electron chi connectivity index (χ0n) is 16.8. The second kappa shape index (κ2) is 8.99. The van der Waals surface area contributed by atoms with Gasteiger partial charge in [-0.3, -0.25) is 9.69 Å². The second-order valence-electron chi connectivity index (χ2n) is 8.22. The zero-order chi connectivity index (χ0) is 21.0. The Kier molecular flexibility index (Phi) is 6.63. The monoisotopic (exact) mass is 404 g/mol. The van der Waals surface area contributed by atoms with Crippen LogP contribution in [0.1, 0.15) is 37.0 Å². The highest BCUT2D eigenvalue weighted by atomic mass is 19.4. The molecule has 0 aromatic heterocycles. The van der Waals surface area contributed by atoms with Gasteiger partial charge in [-0.2, -0.15) is 13.2 Å². The van der Waals surface area contributed by atoms with E-state index in [0.717, 1.165) is 31.1 Å². The molecule has 2 aromatic rings. The number of hydrogen-bond donors (Lipinski definition) is 1. The van der Waals surface area contributed by atoms with Gasteiger partial charge in [-0.1, -0.05) is 50.2 Å². The molecule has 1 N–H and O–H groups in total. The van der Waals surface area contributed by atoms with Gasteiger partial charge in [-0.05, 0) is 41.5 Å². The molecule has 0 aliphatic carbocycles. The number of hydrogen-bond acceptors (Lipinski definition) is 2. The first-order valence-electron chi connectivity index (χ1n) is 9.97. The van der Waals surface area contributed by atoms with Gasteiger partial charge in [0.15, 0.2) is 0 Å². The van der Waals surface area contributed by atoms with Crippen LogP contribution in [0, 0.1) is 11.8 Å². The van der Waals surface area contributed by atoms with Crippen LogP contribution in [0.5, 0.6) is 0 Å². The lowest BCUT2D eigenvalue weighted by Gasteiger charge is -2.35. The molecule has 3 nitrogen and oxygen atoms in total. The fourth-order valence-corrected chi connectivity index (χ4v) is 4.20. The number of amides is 1. The van der Waals surface area contributed by atoms with Crippen LogP contribution in [0.3, 0.4) is 0 Å². The number of anilines is 1. The van der Waals surface area contributed by atoms with E-state index in [2.05, 4.69) is 24.1 Å². The van der Waals surface area contributed by atoms with E-state index in [1.165, 1.54) is 6.07 Å². The minimum atomic E-state index is -4.47. The molecule has 0 bridgehead atoms. The third-order valence-corrected chi connectivity index (χ3v) is 5.24. The summed E-state index contributed by atoms with van der Waals surface area (Å²) in [5.74, 6) is 0.616. The average Bonchev–Trinajstić information content (AvgIpc) is 2.62. The van der Waals surface area contributed by atoms with Gasteiger partial charge >= 0.3 is 6.18 Å². The van der Waals surface area contributed by atoms with Gasteiger partial charge in [0.2, 0.25) is 5.91 Å². The van der Waals surface area contributed by atoms with Crippen LogP contribution in [-0.4, -0.2) is 23.9 Å². The van der Waals surface area contributed by atoms with Crippen LogP contribution in [0.15, 0.2) is 48.5 Å². The van der Waals surface area contributed by atoms with Crippen molar-refractivity contribution in [3.63, 3.8) is 0 Å². The minimum Gasteiger partial charge on any atom is -0.326 e. The zero-order valence-corrected chi connectivity index (χ0v) is 16.8. The second-order valence-corrected chi connectivity index (χ2v) is 8.22. The molecule has 0 radical (unpaired) electrons. The molecule has 1 aliphatic heterocycles. The Hall–Kier alpha value is -2.34. The van der Waals surface area contributed by atoms with Crippen LogP contribution < -0.4 is 5.32 Å². The third kappa shape index (κ3) is 6.07. The summed E-state index contributed by atoms with van der Waals surface area (Å²) in [6, 6.07) is 13.2. The minimum absolute atomic E-state index is 0.119. The lowest BCUT2D eigenvalue weighted by molar-refractivity contribution is -0.138. The fourth-order valence-electron chi connectivity index (χ4n) is 4.20. The van der Waals surface area contributed by atoms with Crippen molar-refractivity contribution in [1.82, 2.24) is 4.90 Å². The maximum Gasteiger partial charge on any atom is 0.416 e. The number of carbonyl (C=O) groups excluding carboxylic acids is 1. The van der Waals surface area contributed by atoms with Crippen molar-refractivity contribution >= 4 is 11.6 Å². The number of rotatable bonds is 5. The number of likely N-dealkylation sites (tertiary alicyclic amines) is 1. The maximum absolute atomic E-state index is 13.7. The van der Waals surface area contributed by atoms with Crippen molar-refractivity contribution in [3.8, 4) is 0 Å². The summed E-state index contributed by atoms with van der Waals surface area (Å²) < 4.78 is 41.1. The van der Waals surface area contributed by atoms with E-state index in [9.17, 15) is 18.0 Å². The summed E-state index contributed by atoms with van der Waals surface area (Å²) in [5, 5.41) is 2.60. The molecule has 3 rings (SSSR count).